The molecule has 0 aromatic heterocycles. The highest BCUT2D eigenvalue weighted by molar-refractivity contribution is 6.31. The molecule has 2 unspecified atom stereocenters. The molecule has 1 saturated heterocycles. The first-order valence-electron chi connectivity index (χ1n) is 6.86. The molecule has 21 heavy (non-hydrogen) atoms. The van der Waals surface area contributed by atoms with E-state index in [2.05, 4.69) is 5.32 Å². The van der Waals surface area contributed by atoms with Crippen LogP contribution in [-0.4, -0.2) is 36.2 Å². The number of amides is 1. The minimum Gasteiger partial charge on any atom is -0.480 e. The van der Waals surface area contributed by atoms with Crippen LogP contribution in [0.25, 0.3) is 0 Å². The second kappa shape index (κ2) is 6.91. The summed E-state index contributed by atoms with van der Waals surface area (Å²) in [6.45, 7) is 2.83. The molecule has 1 heterocycles. The highest BCUT2D eigenvalue weighted by atomic mass is 35.5. The van der Waals surface area contributed by atoms with Gasteiger partial charge in [0.05, 0.1) is 6.61 Å². The fourth-order valence-electron chi connectivity index (χ4n) is 2.37. The lowest BCUT2D eigenvalue weighted by Gasteiger charge is -2.28. The normalized spacial score (nSPS) is 19.8. The third kappa shape index (κ3) is 3.95. The van der Waals surface area contributed by atoms with Crippen molar-refractivity contribution in [3.63, 3.8) is 0 Å². The lowest BCUT2D eigenvalue weighted by atomic mass is 9.93. The molecule has 0 aliphatic carbocycles. The molecule has 1 aliphatic heterocycles. The summed E-state index contributed by atoms with van der Waals surface area (Å²) in [6.07, 6.45) is 1.53. The van der Waals surface area contributed by atoms with Crippen molar-refractivity contribution in [2.24, 2.45) is 5.92 Å². The van der Waals surface area contributed by atoms with Gasteiger partial charge in [0.25, 0.3) is 5.91 Å². The SMILES string of the molecule is Cc1ccc(C(=O)NC(C(=O)O)C2CCCOC2)cc1Cl. The highest BCUT2D eigenvalue weighted by Gasteiger charge is 2.31. The summed E-state index contributed by atoms with van der Waals surface area (Å²) in [5, 5.41) is 12.4. The number of carbonyl (C=O) groups is 2. The topological polar surface area (TPSA) is 75.6 Å². The lowest BCUT2D eigenvalue weighted by Crippen LogP contribution is -2.48. The van der Waals surface area contributed by atoms with E-state index in [1.807, 2.05) is 6.92 Å². The molecule has 0 bridgehead atoms. The fraction of sp³-hybridized carbons (Fsp3) is 0.467. The van der Waals surface area contributed by atoms with E-state index in [0.29, 0.717) is 23.8 Å². The number of carbonyl (C=O) groups excluding carboxylic acids is 1. The van der Waals surface area contributed by atoms with Crippen LogP contribution in [0.4, 0.5) is 0 Å². The summed E-state index contributed by atoms with van der Waals surface area (Å²) in [4.78, 5) is 23.6. The Labute approximate surface area is 128 Å². The van der Waals surface area contributed by atoms with Gasteiger partial charge in [-0.1, -0.05) is 17.7 Å². The summed E-state index contributed by atoms with van der Waals surface area (Å²) in [5.41, 5.74) is 1.22. The van der Waals surface area contributed by atoms with Crippen LogP contribution < -0.4 is 5.32 Å². The van der Waals surface area contributed by atoms with Gasteiger partial charge < -0.3 is 15.2 Å². The Morgan fingerprint density at radius 1 is 1.48 bits per heavy atom. The van der Waals surface area contributed by atoms with Gasteiger partial charge in [-0.25, -0.2) is 4.79 Å². The Bertz CT molecular complexity index is 540. The first-order chi connectivity index (χ1) is 9.99. The zero-order chi connectivity index (χ0) is 15.4. The van der Waals surface area contributed by atoms with E-state index in [4.69, 9.17) is 16.3 Å². The number of aryl methyl sites for hydroxylation is 1. The predicted octanol–water partition coefficient (Wildman–Crippen LogP) is 2.26. The van der Waals surface area contributed by atoms with Gasteiger partial charge in [-0.15, -0.1) is 0 Å². The Morgan fingerprint density at radius 2 is 2.24 bits per heavy atom. The molecule has 0 saturated carbocycles. The standard InChI is InChI=1S/C15H18ClNO4/c1-9-4-5-10(7-12(9)16)14(18)17-13(15(19)20)11-3-2-6-21-8-11/h4-5,7,11,13H,2-3,6,8H2,1H3,(H,17,18)(H,19,20). The summed E-state index contributed by atoms with van der Waals surface area (Å²) in [6, 6.07) is 3.96. The van der Waals surface area contributed by atoms with Crippen LogP contribution in [0.2, 0.25) is 5.02 Å². The monoisotopic (exact) mass is 311 g/mol. The molecule has 2 rings (SSSR count). The van der Waals surface area contributed by atoms with Gasteiger partial charge in [-0.2, -0.15) is 0 Å². The van der Waals surface area contributed by atoms with Crippen LogP contribution in [0.5, 0.6) is 0 Å². The van der Waals surface area contributed by atoms with Gasteiger partial charge in [0.15, 0.2) is 0 Å². The van der Waals surface area contributed by atoms with Gasteiger partial charge in [0, 0.05) is 23.1 Å². The molecule has 1 aromatic carbocycles. The number of carboxylic acid groups (broad SMARTS) is 1. The van der Waals surface area contributed by atoms with E-state index < -0.39 is 17.9 Å². The molecule has 1 aliphatic rings. The molecule has 114 valence electrons. The zero-order valence-electron chi connectivity index (χ0n) is 11.8. The average molecular weight is 312 g/mol. The van der Waals surface area contributed by atoms with Gasteiger partial charge in [-0.3, -0.25) is 4.79 Å². The minimum atomic E-state index is -1.04. The molecule has 1 aromatic rings. The molecule has 1 amide bonds. The molecular formula is C15H18ClNO4. The summed E-state index contributed by atoms with van der Waals surface area (Å²) in [5.74, 6) is -1.69. The third-order valence-corrected chi connectivity index (χ3v) is 4.06. The lowest BCUT2D eigenvalue weighted by molar-refractivity contribution is -0.142. The van der Waals surface area contributed by atoms with E-state index >= 15 is 0 Å². The van der Waals surface area contributed by atoms with Crippen molar-refractivity contribution in [2.45, 2.75) is 25.8 Å². The maximum absolute atomic E-state index is 12.2. The van der Waals surface area contributed by atoms with E-state index in [0.717, 1.165) is 18.4 Å². The van der Waals surface area contributed by atoms with Crippen LogP contribution in [0.1, 0.15) is 28.8 Å². The maximum Gasteiger partial charge on any atom is 0.326 e. The quantitative estimate of drug-likeness (QED) is 0.894. The van der Waals surface area contributed by atoms with Crippen molar-refractivity contribution in [1.82, 2.24) is 5.32 Å². The first-order valence-corrected chi connectivity index (χ1v) is 7.24. The van der Waals surface area contributed by atoms with Gasteiger partial charge >= 0.3 is 5.97 Å². The Kier molecular flexibility index (Phi) is 5.20. The van der Waals surface area contributed by atoms with Crippen LogP contribution in [0.15, 0.2) is 18.2 Å². The number of carboxylic acids is 1. The van der Waals surface area contributed by atoms with Crippen LogP contribution in [0.3, 0.4) is 0 Å². The Hall–Kier alpha value is -1.59. The number of rotatable bonds is 4. The Morgan fingerprint density at radius 3 is 2.81 bits per heavy atom. The van der Waals surface area contributed by atoms with Crippen molar-refractivity contribution in [3.8, 4) is 0 Å². The summed E-state index contributed by atoms with van der Waals surface area (Å²) in [7, 11) is 0. The second-order valence-corrected chi connectivity index (χ2v) is 5.64. The van der Waals surface area contributed by atoms with Crippen molar-refractivity contribution >= 4 is 23.5 Å². The van der Waals surface area contributed by atoms with E-state index in [1.165, 1.54) is 0 Å². The van der Waals surface area contributed by atoms with Crippen molar-refractivity contribution in [2.75, 3.05) is 13.2 Å². The molecular weight excluding hydrogens is 294 g/mol. The van der Waals surface area contributed by atoms with Crippen molar-refractivity contribution in [3.05, 3.63) is 34.3 Å². The van der Waals surface area contributed by atoms with E-state index in [1.54, 1.807) is 18.2 Å². The molecule has 5 nitrogen and oxygen atoms in total. The molecule has 2 atom stereocenters. The van der Waals surface area contributed by atoms with Crippen LogP contribution in [-0.2, 0) is 9.53 Å². The van der Waals surface area contributed by atoms with Crippen LogP contribution in [0, 0.1) is 12.8 Å². The highest BCUT2D eigenvalue weighted by Crippen LogP contribution is 2.20. The predicted molar refractivity (Wildman–Crippen MR) is 78.6 cm³/mol. The number of nitrogens with one attached hydrogen (secondary N) is 1. The third-order valence-electron chi connectivity index (χ3n) is 3.65. The smallest absolute Gasteiger partial charge is 0.326 e. The van der Waals surface area contributed by atoms with Crippen molar-refractivity contribution in [1.29, 1.82) is 0 Å². The first kappa shape index (κ1) is 15.8. The maximum atomic E-state index is 12.2. The van der Waals surface area contributed by atoms with Crippen molar-refractivity contribution < 1.29 is 19.4 Å². The molecule has 0 radical (unpaired) electrons. The largest absolute Gasteiger partial charge is 0.480 e. The molecule has 2 N–H and O–H groups in total. The molecule has 6 heteroatoms. The number of hydrogen-bond acceptors (Lipinski definition) is 3. The summed E-state index contributed by atoms with van der Waals surface area (Å²) >= 11 is 5.99. The number of halogens is 1. The van der Waals surface area contributed by atoms with Gasteiger partial charge in [0.2, 0.25) is 0 Å². The molecule has 0 spiro atoms. The van der Waals surface area contributed by atoms with Gasteiger partial charge in [0.1, 0.15) is 6.04 Å². The number of benzene rings is 1. The number of aliphatic carboxylic acids is 1. The van der Waals surface area contributed by atoms with E-state index in [-0.39, 0.29) is 5.92 Å². The number of ether oxygens (including phenoxy) is 1. The Balaban J connectivity index is 2.10. The second-order valence-electron chi connectivity index (χ2n) is 5.23. The van der Waals surface area contributed by atoms with Crippen LogP contribution >= 0.6 is 11.6 Å². The average Bonchev–Trinajstić information content (AvgIpc) is 2.48. The summed E-state index contributed by atoms with van der Waals surface area (Å²) < 4.78 is 5.30. The van der Waals surface area contributed by atoms with Gasteiger partial charge in [-0.05, 0) is 37.5 Å². The molecule has 1 fully saturated rings. The number of hydrogen-bond donors (Lipinski definition) is 2. The fourth-order valence-corrected chi connectivity index (χ4v) is 2.55. The minimum absolute atomic E-state index is 0.207. The zero-order valence-corrected chi connectivity index (χ0v) is 12.5. The van der Waals surface area contributed by atoms with E-state index in [9.17, 15) is 14.7 Å².